The lowest BCUT2D eigenvalue weighted by atomic mass is 10.0. The van der Waals surface area contributed by atoms with Crippen LogP contribution in [0.4, 0.5) is 0 Å². The first-order valence-electron chi connectivity index (χ1n) is 6.34. The molecule has 19 heavy (non-hydrogen) atoms. The second-order valence-electron chi connectivity index (χ2n) is 4.71. The second kappa shape index (κ2) is 6.26. The van der Waals surface area contributed by atoms with Gasteiger partial charge in [-0.1, -0.05) is 17.7 Å². The number of halogens is 1. The molecule has 0 amide bonds. The molecule has 0 aliphatic carbocycles. The Labute approximate surface area is 117 Å². The molecule has 2 rings (SSSR count). The van der Waals surface area contributed by atoms with Crippen molar-refractivity contribution >= 4 is 17.6 Å². The van der Waals surface area contributed by atoms with Crippen LogP contribution in [0, 0.1) is 0 Å². The van der Waals surface area contributed by atoms with Gasteiger partial charge in [-0.25, -0.2) is 0 Å². The van der Waals surface area contributed by atoms with Crippen LogP contribution < -0.4 is 4.74 Å². The molecule has 5 heteroatoms. The summed E-state index contributed by atoms with van der Waals surface area (Å²) in [7, 11) is 0. The van der Waals surface area contributed by atoms with Crippen molar-refractivity contribution in [2.75, 3.05) is 13.2 Å². The highest BCUT2D eigenvalue weighted by Crippen LogP contribution is 2.30. The zero-order valence-corrected chi connectivity index (χ0v) is 11.5. The van der Waals surface area contributed by atoms with Crippen molar-refractivity contribution < 1.29 is 19.4 Å². The van der Waals surface area contributed by atoms with Crippen molar-refractivity contribution in [2.24, 2.45) is 0 Å². The van der Waals surface area contributed by atoms with E-state index < -0.39 is 11.9 Å². The fraction of sp³-hybridized carbons (Fsp3) is 0.500. The molecular formula is C14H17ClO4. The van der Waals surface area contributed by atoms with E-state index in [0.29, 0.717) is 22.9 Å². The summed E-state index contributed by atoms with van der Waals surface area (Å²) in [6.45, 7) is 2.98. The Hall–Kier alpha value is -1.26. The van der Waals surface area contributed by atoms with Crippen molar-refractivity contribution in [3.63, 3.8) is 0 Å². The lowest BCUT2D eigenvalue weighted by molar-refractivity contribution is -0.138. The maximum absolute atomic E-state index is 10.9. The predicted molar refractivity (Wildman–Crippen MR) is 72.0 cm³/mol. The highest BCUT2D eigenvalue weighted by atomic mass is 35.5. The molecule has 1 aromatic carbocycles. The first kappa shape index (κ1) is 14.2. The SMILES string of the molecule is CC(C(=O)O)c1ccc(OC2CCCOC2)c(Cl)c1. The largest absolute Gasteiger partial charge is 0.486 e. The Morgan fingerprint density at radius 1 is 1.58 bits per heavy atom. The Kier molecular flexibility index (Phi) is 4.66. The van der Waals surface area contributed by atoms with E-state index in [1.54, 1.807) is 25.1 Å². The number of rotatable bonds is 4. The molecule has 0 aromatic heterocycles. The van der Waals surface area contributed by atoms with Gasteiger partial charge in [-0.05, 0) is 37.5 Å². The van der Waals surface area contributed by atoms with E-state index in [2.05, 4.69) is 0 Å². The number of aliphatic carboxylic acids is 1. The number of carbonyl (C=O) groups is 1. The summed E-state index contributed by atoms with van der Waals surface area (Å²) in [6, 6.07) is 5.12. The van der Waals surface area contributed by atoms with E-state index in [4.69, 9.17) is 26.2 Å². The molecule has 1 aliphatic heterocycles. The maximum atomic E-state index is 10.9. The standard InChI is InChI=1S/C14H17ClO4/c1-9(14(16)17)10-4-5-13(12(15)7-10)19-11-3-2-6-18-8-11/h4-5,7,9,11H,2-3,6,8H2,1H3,(H,16,17). The fourth-order valence-electron chi connectivity index (χ4n) is 2.01. The summed E-state index contributed by atoms with van der Waals surface area (Å²) in [5.41, 5.74) is 0.671. The Balaban J connectivity index is 2.08. The zero-order valence-electron chi connectivity index (χ0n) is 10.8. The Morgan fingerprint density at radius 3 is 2.95 bits per heavy atom. The number of benzene rings is 1. The summed E-state index contributed by atoms with van der Waals surface area (Å²) < 4.78 is 11.1. The van der Waals surface area contributed by atoms with E-state index in [-0.39, 0.29) is 6.10 Å². The van der Waals surface area contributed by atoms with Crippen molar-refractivity contribution in [1.29, 1.82) is 0 Å². The van der Waals surface area contributed by atoms with Gasteiger partial charge in [0.2, 0.25) is 0 Å². The van der Waals surface area contributed by atoms with Gasteiger partial charge in [0.25, 0.3) is 0 Å². The summed E-state index contributed by atoms with van der Waals surface area (Å²) in [5.74, 6) is -0.867. The van der Waals surface area contributed by atoms with Crippen LogP contribution in [0.1, 0.15) is 31.2 Å². The Bertz CT molecular complexity index is 455. The molecule has 2 atom stereocenters. The first-order chi connectivity index (χ1) is 9.08. The lowest BCUT2D eigenvalue weighted by Gasteiger charge is -2.24. The molecule has 1 aromatic rings. The minimum absolute atomic E-state index is 0.0222. The minimum Gasteiger partial charge on any atom is -0.486 e. The predicted octanol–water partition coefficient (Wildman–Crippen LogP) is 3.09. The molecule has 104 valence electrons. The van der Waals surface area contributed by atoms with Crippen LogP contribution in [-0.2, 0) is 9.53 Å². The first-order valence-corrected chi connectivity index (χ1v) is 6.72. The van der Waals surface area contributed by atoms with Crippen LogP contribution in [0.5, 0.6) is 5.75 Å². The van der Waals surface area contributed by atoms with Gasteiger partial charge >= 0.3 is 5.97 Å². The van der Waals surface area contributed by atoms with Crippen LogP contribution in [-0.4, -0.2) is 30.4 Å². The third-order valence-corrected chi connectivity index (χ3v) is 3.53. The van der Waals surface area contributed by atoms with Gasteiger partial charge in [-0.2, -0.15) is 0 Å². The van der Waals surface area contributed by atoms with Crippen molar-refractivity contribution in [3.05, 3.63) is 28.8 Å². The monoisotopic (exact) mass is 284 g/mol. The number of carboxylic acid groups (broad SMARTS) is 1. The molecule has 2 unspecified atom stereocenters. The molecule has 1 N–H and O–H groups in total. The summed E-state index contributed by atoms with van der Waals surface area (Å²) in [4.78, 5) is 10.9. The van der Waals surface area contributed by atoms with E-state index in [0.717, 1.165) is 19.4 Å². The van der Waals surface area contributed by atoms with Gasteiger partial charge in [0.05, 0.1) is 17.5 Å². The van der Waals surface area contributed by atoms with E-state index in [9.17, 15) is 4.79 Å². The summed E-state index contributed by atoms with van der Waals surface area (Å²) in [5, 5.41) is 9.41. The van der Waals surface area contributed by atoms with Crippen LogP contribution in [0.25, 0.3) is 0 Å². The maximum Gasteiger partial charge on any atom is 0.310 e. The molecule has 1 heterocycles. The van der Waals surface area contributed by atoms with Gasteiger partial charge < -0.3 is 14.6 Å². The van der Waals surface area contributed by atoms with E-state index in [1.807, 2.05) is 0 Å². The van der Waals surface area contributed by atoms with Crippen LogP contribution >= 0.6 is 11.6 Å². The van der Waals surface area contributed by atoms with Crippen LogP contribution in [0.3, 0.4) is 0 Å². The molecule has 0 saturated carbocycles. The molecule has 0 bridgehead atoms. The smallest absolute Gasteiger partial charge is 0.310 e. The highest BCUT2D eigenvalue weighted by molar-refractivity contribution is 6.32. The van der Waals surface area contributed by atoms with E-state index >= 15 is 0 Å². The van der Waals surface area contributed by atoms with Gasteiger partial charge in [-0.15, -0.1) is 0 Å². The molecular weight excluding hydrogens is 268 g/mol. The van der Waals surface area contributed by atoms with Crippen molar-refractivity contribution in [3.8, 4) is 5.75 Å². The van der Waals surface area contributed by atoms with Crippen LogP contribution in [0.2, 0.25) is 5.02 Å². The average molecular weight is 285 g/mol. The molecule has 1 fully saturated rings. The number of ether oxygens (including phenoxy) is 2. The number of hydrogen-bond donors (Lipinski definition) is 1. The molecule has 1 aliphatic rings. The average Bonchev–Trinajstić information content (AvgIpc) is 2.41. The van der Waals surface area contributed by atoms with Gasteiger partial charge in [0, 0.05) is 6.61 Å². The summed E-state index contributed by atoms with van der Waals surface area (Å²) >= 11 is 6.14. The zero-order chi connectivity index (χ0) is 13.8. The summed E-state index contributed by atoms with van der Waals surface area (Å²) in [6.07, 6.45) is 1.95. The van der Waals surface area contributed by atoms with E-state index in [1.165, 1.54) is 0 Å². The molecule has 4 nitrogen and oxygen atoms in total. The number of carboxylic acids is 1. The quantitative estimate of drug-likeness (QED) is 0.923. The highest BCUT2D eigenvalue weighted by Gasteiger charge is 2.19. The topological polar surface area (TPSA) is 55.8 Å². The Morgan fingerprint density at radius 2 is 2.37 bits per heavy atom. The van der Waals surface area contributed by atoms with Crippen molar-refractivity contribution in [2.45, 2.75) is 31.8 Å². The molecule has 0 spiro atoms. The molecule has 0 radical (unpaired) electrons. The lowest BCUT2D eigenvalue weighted by Crippen LogP contribution is -2.28. The third kappa shape index (κ3) is 3.61. The minimum atomic E-state index is -0.870. The van der Waals surface area contributed by atoms with Crippen LogP contribution in [0.15, 0.2) is 18.2 Å². The fourth-order valence-corrected chi connectivity index (χ4v) is 2.24. The van der Waals surface area contributed by atoms with Crippen molar-refractivity contribution in [1.82, 2.24) is 0 Å². The molecule has 1 saturated heterocycles. The van der Waals surface area contributed by atoms with Gasteiger partial charge in [0.1, 0.15) is 11.9 Å². The second-order valence-corrected chi connectivity index (χ2v) is 5.11. The third-order valence-electron chi connectivity index (χ3n) is 3.24. The number of hydrogen-bond acceptors (Lipinski definition) is 3. The normalized spacial score (nSPS) is 20.8. The van der Waals surface area contributed by atoms with Gasteiger partial charge in [-0.3, -0.25) is 4.79 Å². The van der Waals surface area contributed by atoms with Gasteiger partial charge in [0.15, 0.2) is 0 Å².